The van der Waals surface area contributed by atoms with Gasteiger partial charge in [-0.15, -0.1) is 0 Å². The van der Waals surface area contributed by atoms with Crippen LogP contribution in [-0.2, 0) is 4.74 Å². The number of amidine groups is 1. The molecule has 6 heteroatoms. The van der Waals surface area contributed by atoms with Crippen LogP contribution in [0.15, 0.2) is 29.3 Å². The second-order valence-electron chi connectivity index (χ2n) is 4.43. The van der Waals surface area contributed by atoms with Crippen LogP contribution in [0.2, 0.25) is 0 Å². The van der Waals surface area contributed by atoms with Crippen molar-refractivity contribution in [2.75, 3.05) is 19.7 Å². The van der Waals surface area contributed by atoms with Crippen LogP contribution in [0.4, 0.5) is 4.79 Å². The molecule has 19 heavy (non-hydrogen) atoms. The highest BCUT2D eigenvalue weighted by molar-refractivity contribution is 5.97. The van der Waals surface area contributed by atoms with Crippen molar-refractivity contribution in [3.8, 4) is 0 Å². The molecule has 1 atom stereocenters. The van der Waals surface area contributed by atoms with Crippen molar-refractivity contribution in [1.82, 2.24) is 4.90 Å². The molecule has 1 amide bonds. The third-order valence-electron chi connectivity index (χ3n) is 2.95. The summed E-state index contributed by atoms with van der Waals surface area (Å²) in [6.45, 7) is 2.90. The zero-order valence-corrected chi connectivity index (χ0v) is 10.7. The summed E-state index contributed by atoms with van der Waals surface area (Å²) in [5, 5.41) is 8.93. The van der Waals surface area contributed by atoms with Crippen LogP contribution < -0.4 is 5.73 Å². The van der Waals surface area contributed by atoms with E-state index in [1.54, 1.807) is 0 Å². The van der Waals surface area contributed by atoms with Gasteiger partial charge in [-0.1, -0.05) is 29.8 Å². The minimum atomic E-state index is -0.961. The Balaban J connectivity index is 2.07. The van der Waals surface area contributed by atoms with E-state index in [1.807, 2.05) is 31.2 Å². The highest BCUT2D eigenvalue weighted by atomic mass is 16.5. The molecule has 1 aromatic carbocycles. The van der Waals surface area contributed by atoms with Crippen molar-refractivity contribution in [3.05, 3.63) is 35.4 Å². The third kappa shape index (κ3) is 3.45. The van der Waals surface area contributed by atoms with Gasteiger partial charge in [-0.2, -0.15) is 0 Å². The fourth-order valence-electron chi connectivity index (χ4n) is 1.84. The van der Waals surface area contributed by atoms with Gasteiger partial charge in [-0.25, -0.2) is 9.79 Å². The molecule has 1 fully saturated rings. The number of ether oxygens (including phenoxy) is 1. The zero-order valence-electron chi connectivity index (χ0n) is 10.7. The largest absolute Gasteiger partial charge is 0.465 e. The van der Waals surface area contributed by atoms with Crippen LogP contribution >= 0.6 is 0 Å². The van der Waals surface area contributed by atoms with Crippen molar-refractivity contribution < 1.29 is 14.6 Å². The van der Waals surface area contributed by atoms with E-state index in [9.17, 15) is 4.79 Å². The molecule has 0 aromatic heterocycles. The molecule has 1 aromatic rings. The number of amides is 1. The summed E-state index contributed by atoms with van der Waals surface area (Å²) in [6.07, 6.45) is -1.50. The number of benzene rings is 1. The van der Waals surface area contributed by atoms with E-state index in [1.165, 1.54) is 4.90 Å². The van der Waals surface area contributed by atoms with E-state index in [0.29, 0.717) is 19.0 Å². The van der Waals surface area contributed by atoms with Crippen molar-refractivity contribution >= 4 is 11.9 Å². The number of rotatable bonds is 2. The maximum atomic E-state index is 10.9. The van der Waals surface area contributed by atoms with E-state index in [2.05, 4.69) is 4.99 Å². The number of aryl methyl sites for hydroxylation is 1. The van der Waals surface area contributed by atoms with Gasteiger partial charge < -0.3 is 20.5 Å². The molecule has 1 aliphatic rings. The Morgan fingerprint density at radius 1 is 1.47 bits per heavy atom. The molecular formula is C13H17N3O3. The van der Waals surface area contributed by atoms with E-state index >= 15 is 0 Å². The van der Waals surface area contributed by atoms with Crippen LogP contribution in [0.5, 0.6) is 0 Å². The standard InChI is InChI=1S/C13H17N3O3/c1-9-2-4-10(5-3-9)12(14)15-11-8-16(13(17)18)6-7-19-11/h2-5,11H,6-8H2,1H3,(H2,14,15)(H,17,18). The summed E-state index contributed by atoms with van der Waals surface area (Å²) >= 11 is 0. The molecule has 0 saturated carbocycles. The monoisotopic (exact) mass is 263 g/mol. The van der Waals surface area contributed by atoms with E-state index in [0.717, 1.165) is 11.1 Å². The lowest BCUT2D eigenvalue weighted by molar-refractivity contribution is -0.0168. The van der Waals surface area contributed by atoms with Gasteiger partial charge in [-0.05, 0) is 6.92 Å². The van der Waals surface area contributed by atoms with Crippen LogP contribution in [-0.4, -0.2) is 47.9 Å². The maximum absolute atomic E-state index is 10.9. The lowest BCUT2D eigenvalue weighted by Gasteiger charge is -2.28. The molecule has 0 spiro atoms. The number of morpholine rings is 1. The predicted molar refractivity (Wildman–Crippen MR) is 71.2 cm³/mol. The first-order valence-corrected chi connectivity index (χ1v) is 6.06. The Morgan fingerprint density at radius 2 is 2.16 bits per heavy atom. The van der Waals surface area contributed by atoms with Crippen molar-refractivity contribution in [1.29, 1.82) is 0 Å². The molecule has 0 radical (unpaired) electrons. The lowest BCUT2D eigenvalue weighted by Crippen LogP contribution is -2.44. The minimum Gasteiger partial charge on any atom is -0.465 e. The van der Waals surface area contributed by atoms with Gasteiger partial charge in [-0.3, -0.25) is 0 Å². The number of aliphatic imine (C=N–C) groups is 1. The summed E-state index contributed by atoms with van der Waals surface area (Å²) < 4.78 is 5.40. The van der Waals surface area contributed by atoms with Crippen molar-refractivity contribution in [2.45, 2.75) is 13.2 Å². The van der Waals surface area contributed by atoms with Crippen LogP contribution in [0.1, 0.15) is 11.1 Å². The molecule has 3 N–H and O–H groups in total. The second kappa shape index (κ2) is 5.71. The highest BCUT2D eigenvalue weighted by Crippen LogP contribution is 2.09. The Hall–Kier alpha value is -2.08. The molecule has 0 bridgehead atoms. The quantitative estimate of drug-likeness (QED) is 0.616. The zero-order chi connectivity index (χ0) is 13.8. The van der Waals surface area contributed by atoms with Crippen LogP contribution in [0.3, 0.4) is 0 Å². The molecule has 102 valence electrons. The fraction of sp³-hybridized carbons (Fsp3) is 0.385. The average molecular weight is 263 g/mol. The first kappa shape index (κ1) is 13.4. The molecular weight excluding hydrogens is 246 g/mol. The smallest absolute Gasteiger partial charge is 0.407 e. The normalized spacial score (nSPS) is 20.4. The number of nitrogens with two attached hydrogens (primary N) is 1. The molecule has 2 rings (SSSR count). The van der Waals surface area contributed by atoms with Gasteiger partial charge in [0.05, 0.1) is 13.2 Å². The Bertz CT molecular complexity index is 484. The highest BCUT2D eigenvalue weighted by Gasteiger charge is 2.23. The Morgan fingerprint density at radius 3 is 2.79 bits per heavy atom. The minimum absolute atomic E-state index is 0.210. The van der Waals surface area contributed by atoms with Crippen molar-refractivity contribution in [2.24, 2.45) is 10.7 Å². The maximum Gasteiger partial charge on any atom is 0.407 e. The van der Waals surface area contributed by atoms with E-state index in [-0.39, 0.29) is 6.54 Å². The molecule has 1 unspecified atom stereocenters. The summed E-state index contributed by atoms with van der Waals surface area (Å²) in [6, 6.07) is 7.66. The number of carboxylic acid groups (broad SMARTS) is 1. The first-order valence-electron chi connectivity index (χ1n) is 6.06. The Kier molecular flexibility index (Phi) is 4.01. The SMILES string of the molecule is Cc1ccc(/C(N)=N/C2CN(C(=O)O)CCO2)cc1. The number of nitrogens with zero attached hydrogens (tertiary/aromatic N) is 2. The molecule has 1 saturated heterocycles. The second-order valence-corrected chi connectivity index (χ2v) is 4.43. The Labute approximate surface area is 111 Å². The lowest BCUT2D eigenvalue weighted by atomic mass is 10.1. The number of hydrogen-bond acceptors (Lipinski definition) is 3. The van der Waals surface area contributed by atoms with Gasteiger partial charge in [0.25, 0.3) is 0 Å². The van der Waals surface area contributed by atoms with Crippen LogP contribution in [0, 0.1) is 6.92 Å². The summed E-state index contributed by atoms with van der Waals surface area (Å²) in [5.74, 6) is 0.359. The number of carbonyl (C=O) groups is 1. The summed E-state index contributed by atoms with van der Waals surface area (Å²) in [4.78, 5) is 16.4. The first-order chi connectivity index (χ1) is 9.06. The van der Waals surface area contributed by atoms with Gasteiger partial charge >= 0.3 is 6.09 Å². The predicted octanol–water partition coefficient (Wildman–Crippen LogP) is 1.04. The van der Waals surface area contributed by atoms with Crippen LogP contribution in [0.25, 0.3) is 0 Å². The third-order valence-corrected chi connectivity index (χ3v) is 2.95. The molecule has 6 nitrogen and oxygen atoms in total. The fourth-order valence-corrected chi connectivity index (χ4v) is 1.84. The summed E-state index contributed by atoms with van der Waals surface area (Å²) in [5.41, 5.74) is 7.85. The van der Waals surface area contributed by atoms with Crippen molar-refractivity contribution in [3.63, 3.8) is 0 Å². The van der Waals surface area contributed by atoms with E-state index < -0.39 is 12.3 Å². The van der Waals surface area contributed by atoms with Gasteiger partial charge in [0.15, 0.2) is 6.23 Å². The molecule has 1 aliphatic heterocycles. The van der Waals surface area contributed by atoms with Gasteiger partial charge in [0.1, 0.15) is 5.84 Å². The van der Waals surface area contributed by atoms with E-state index in [4.69, 9.17) is 15.6 Å². The van der Waals surface area contributed by atoms with Gasteiger partial charge in [0, 0.05) is 12.1 Å². The molecule has 1 heterocycles. The van der Waals surface area contributed by atoms with Gasteiger partial charge in [0.2, 0.25) is 0 Å². The number of hydrogen-bond donors (Lipinski definition) is 2. The molecule has 0 aliphatic carbocycles. The topological polar surface area (TPSA) is 88.2 Å². The summed E-state index contributed by atoms with van der Waals surface area (Å²) in [7, 11) is 0. The average Bonchev–Trinajstić information content (AvgIpc) is 2.39.